The van der Waals surface area contributed by atoms with Crippen LogP contribution in [0.4, 0.5) is 0 Å². The Bertz CT molecular complexity index is 224. The standard InChI is InChI=1S/C10H22N4O3/c11-5-1-3-7(13)9(15)17-10(16)8(14)4-2-6-12/h7-8H,1-6,11-14H2/t7-,8-/m0/s1. The van der Waals surface area contributed by atoms with E-state index >= 15 is 0 Å². The summed E-state index contributed by atoms with van der Waals surface area (Å²) in [7, 11) is 0. The molecule has 0 aliphatic rings. The molecule has 0 rings (SSSR count). The van der Waals surface area contributed by atoms with E-state index in [-0.39, 0.29) is 0 Å². The molecule has 8 N–H and O–H groups in total. The van der Waals surface area contributed by atoms with Gasteiger partial charge in [0.15, 0.2) is 0 Å². The predicted octanol–water partition coefficient (Wildman–Crippen LogP) is -1.81. The fraction of sp³-hybridized carbons (Fsp3) is 0.800. The summed E-state index contributed by atoms with van der Waals surface area (Å²) in [5.74, 6) is -1.52. The first-order chi connectivity index (χ1) is 8.02. The monoisotopic (exact) mass is 246 g/mol. The summed E-state index contributed by atoms with van der Waals surface area (Å²) in [6, 6.07) is -1.66. The lowest BCUT2D eigenvalue weighted by molar-refractivity contribution is -0.161. The van der Waals surface area contributed by atoms with Crippen molar-refractivity contribution in [2.45, 2.75) is 37.8 Å². The molecule has 7 heteroatoms. The van der Waals surface area contributed by atoms with Crippen LogP contribution in [0.15, 0.2) is 0 Å². The average Bonchev–Trinajstić information content (AvgIpc) is 2.32. The van der Waals surface area contributed by atoms with Crippen molar-refractivity contribution >= 4 is 11.9 Å². The number of esters is 2. The number of carbonyl (C=O) groups excluding carboxylic acids is 2. The highest BCUT2D eigenvalue weighted by Crippen LogP contribution is 2.00. The average molecular weight is 246 g/mol. The van der Waals surface area contributed by atoms with E-state index in [9.17, 15) is 9.59 Å². The van der Waals surface area contributed by atoms with Gasteiger partial charge in [-0.3, -0.25) is 0 Å². The summed E-state index contributed by atoms with van der Waals surface area (Å²) in [6.45, 7) is 0.871. The summed E-state index contributed by atoms with van der Waals surface area (Å²) in [4.78, 5) is 22.7. The van der Waals surface area contributed by atoms with Gasteiger partial charge in [-0.05, 0) is 38.8 Å². The van der Waals surface area contributed by atoms with E-state index in [1.54, 1.807) is 0 Å². The molecule has 0 saturated carbocycles. The lowest BCUT2D eigenvalue weighted by atomic mass is 10.1. The maximum absolute atomic E-state index is 11.3. The zero-order chi connectivity index (χ0) is 13.3. The number of hydrogen-bond donors (Lipinski definition) is 4. The Morgan fingerprint density at radius 1 is 0.882 bits per heavy atom. The molecule has 7 nitrogen and oxygen atoms in total. The molecular weight excluding hydrogens is 224 g/mol. The van der Waals surface area contributed by atoms with Gasteiger partial charge in [0.1, 0.15) is 12.1 Å². The van der Waals surface area contributed by atoms with Gasteiger partial charge in [-0.15, -0.1) is 0 Å². The first-order valence-electron chi connectivity index (χ1n) is 5.69. The number of ether oxygens (including phenoxy) is 1. The lowest BCUT2D eigenvalue weighted by Crippen LogP contribution is -2.39. The second-order valence-electron chi connectivity index (χ2n) is 3.81. The van der Waals surface area contributed by atoms with Crippen molar-refractivity contribution in [2.75, 3.05) is 13.1 Å². The Morgan fingerprint density at radius 2 is 1.24 bits per heavy atom. The molecule has 0 spiro atoms. The Labute approximate surface area is 101 Å². The first-order valence-corrected chi connectivity index (χ1v) is 5.69. The van der Waals surface area contributed by atoms with Crippen molar-refractivity contribution in [1.29, 1.82) is 0 Å². The van der Waals surface area contributed by atoms with Gasteiger partial charge in [0, 0.05) is 0 Å². The summed E-state index contributed by atoms with van der Waals surface area (Å²) in [5, 5.41) is 0. The van der Waals surface area contributed by atoms with E-state index in [0.29, 0.717) is 38.8 Å². The van der Waals surface area contributed by atoms with Gasteiger partial charge in [0.25, 0.3) is 0 Å². The largest absolute Gasteiger partial charge is 0.391 e. The Morgan fingerprint density at radius 3 is 1.53 bits per heavy atom. The second kappa shape index (κ2) is 9.06. The Kier molecular flexibility index (Phi) is 8.51. The number of nitrogens with two attached hydrogens (primary N) is 4. The SMILES string of the molecule is NCCC[C@H](N)C(=O)OC(=O)[C@@H](N)CCCN. The van der Waals surface area contributed by atoms with Crippen LogP contribution in [-0.2, 0) is 14.3 Å². The molecule has 0 unspecified atom stereocenters. The zero-order valence-electron chi connectivity index (χ0n) is 9.93. The minimum atomic E-state index is -0.829. The van der Waals surface area contributed by atoms with Crippen LogP contribution in [0.3, 0.4) is 0 Å². The smallest absolute Gasteiger partial charge is 0.330 e. The molecule has 100 valence electrons. The molecule has 0 aromatic heterocycles. The van der Waals surface area contributed by atoms with Gasteiger partial charge in [0.2, 0.25) is 0 Å². The molecule has 0 aliphatic carbocycles. The van der Waals surface area contributed by atoms with Crippen LogP contribution < -0.4 is 22.9 Å². The van der Waals surface area contributed by atoms with Crippen molar-refractivity contribution in [3.63, 3.8) is 0 Å². The van der Waals surface area contributed by atoms with E-state index in [1.165, 1.54) is 0 Å². The molecule has 0 bridgehead atoms. The van der Waals surface area contributed by atoms with Crippen LogP contribution >= 0.6 is 0 Å². The van der Waals surface area contributed by atoms with Gasteiger partial charge in [-0.25, -0.2) is 9.59 Å². The van der Waals surface area contributed by atoms with Gasteiger partial charge >= 0.3 is 11.9 Å². The van der Waals surface area contributed by atoms with E-state index in [2.05, 4.69) is 4.74 Å². The summed E-state index contributed by atoms with van der Waals surface area (Å²) >= 11 is 0. The summed E-state index contributed by atoms with van der Waals surface area (Å²) in [5.41, 5.74) is 21.6. The molecule has 0 fully saturated rings. The van der Waals surface area contributed by atoms with E-state index in [0.717, 1.165) is 0 Å². The molecule has 0 aromatic carbocycles. The van der Waals surface area contributed by atoms with E-state index in [1.807, 2.05) is 0 Å². The maximum Gasteiger partial charge on any atom is 0.330 e. The predicted molar refractivity (Wildman–Crippen MR) is 63.6 cm³/mol. The zero-order valence-corrected chi connectivity index (χ0v) is 9.93. The molecule has 0 aromatic rings. The van der Waals surface area contributed by atoms with Crippen LogP contribution in [0.1, 0.15) is 25.7 Å². The van der Waals surface area contributed by atoms with Crippen molar-refractivity contribution in [3.05, 3.63) is 0 Å². The third-order valence-corrected chi connectivity index (χ3v) is 2.25. The number of rotatable bonds is 8. The molecule has 0 amide bonds. The number of carbonyl (C=O) groups is 2. The second-order valence-corrected chi connectivity index (χ2v) is 3.81. The highest BCUT2D eigenvalue weighted by atomic mass is 16.6. The molecule has 0 saturated heterocycles. The van der Waals surface area contributed by atoms with E-state index in [4.69, 9.17) is 22.9 Å². The van der Waals surface area contributed by atoms with Gasteiger partial charge in [0.05, 0.1) is 0 Å². The maximum atomic E-state index is 11.3. The van der Waals surface area contributed by atoms with Crippen LogP contribution in [0, 0.1) is 0 Å². The molecule has 2 atom stereocenters. The Hall–Kier alpha value is -1.02. The van der Waals surface area contributed by atoms with Gasteiger partial charge < -0.3 is 27.7 Å². The highest BCUT2D eigenvalue weighted by Gasteiger charge is 2.22. The first kappa shape index (κ1) is 16.0. The molecular formula is C10H22N4O3. The summed E-state index contributed by atoms with van der Waals surface area (Å²) < 4.78 is 4.56. The van der Waals surface area contributed by atoms with Crippen LogP contribution in [0.25, 0.3) is 0 Å². The highest BCUT2D eigenvalue weighted by molar-refractivity contribution is 5.90. The van der Waals surface area contributed by atoms with Crippen molar-refractivity contribution in [3.8, 4) is 0 Å². The normalized spacial score (nSPS) is 14.1. The van der Waals surface area contributed by atoms with Crippen molar-refractivity contribution < 1.29 is 14.3 Å². The minimum absolute atomic E-state index is 0.390. The Balaban J connectivity index is 3.97. The third-order valence-electron chi connectivity index (χ3n) is 2.25. The topological polar surface area (TPSA) is 147 Å². The fourth-order valence-corrected chi connectivity index (χ4v) is 1.16. The number of hydrogen-bond acceptors (Lipinski definition) is 7. The molecule has 0 heterocycles. The van der Waals surface area contributed by atoms with E-state index < -0.39 is 24.0 Å². The van der Waals surface area contributed by atoms with Gasteiger partial charge in [-0.2, -0.15) is 0 Å². The van der Waals surface area contributed by atoms with Crippen LogP contribution in [0.2, 0.25) is 0 Å². The quantitative estimate of drug-likeness (QED) is 0.291. The van der Waals surface area contributed by atoms with Crippen LogP contribution in [0.5, 0.6) is 0 Å². The lowest BCUT2D eigenvalue weighted by Gasteiger charge is -2.12. The summed E-state index contributed by atoms with van der Waals surface area (Å²) in [6.07, 6.45) is 1.98. The third kappa shape index (κ3) is 7.01. The van der Waals surface area contributed by atoms with Crippen LogP contribution in [-0.4, -0.2) is 37.1 Å². The molecule has 17 heavy (non-hydrogen) atoms. The van der Waals surface area contributed by atoms with Crippen molar-refractivity contribution in [2.24, 2.45) is 22.9 Å². The molecule has 0 radical (unpaired) electrons. The minimum Gasteiger partial charge on any atom is -0.391 e. The van der Waals surface area contributed by atoms with Crippen molar-refractivity contribution in [1.82, 2.24) is 0 Å². The fourth-order valence-electron chi connectivity index (χ4n) is 1.16. The molecule has 0 aliphatic heterocycles. The van der Waals surface area contributed by atoms with Gasteiger partial charge in [-0.1, -0.05) is 0 Å².